The number of carboxylic acids is 1. The zero-order valence-corrected chi connectivity index (χ0v) is 28.4. The number of rotatable bonds is 8. The Morgan fingerprint density at radius 1 is 0.957 bits per heavy atom. The van der Waals surface area contributed by atoms with E-state index in [4.69, 9.17) is 14.2 Å². The fourth-order valence-corrected chi connectivity index (χ4v) is 6.05. The molecule has 2 aliphatic heterocycles. The van der Waals surface area contributed by atoms with E-state index in [2.05, 4.69) is 10.1 Å². The van der Waals surface area contributed by atoms with Crippen molar-refractivity contribution in [2.24, 2.45) is 7.05 Å². The second kappa shape index (κ2) is 13.7. The maximum atomic E-state index is 13.8. The Labute approximate surface area is 290 Å². The number of carbonyl (C=O) groups is 3. The third-order valence-corrected chi connectivity index (χ3v) is 8.28. The molecule has 1 fully saturated rings. The van der Waals surface area contributed by atoms with E-state index in [1.54, 1.807) is 52.3 Å². The van der Waals surface area contributed by atoms with Crippen molar-refractivity contribution in [2.45, 2.75) is 38.7 Å². The van der Waals surface area contributed by atoms with Crippen LogP contribution < -0.4 is 43.8 Å². The summed E-state index contributed by atoms with van der Waals surface area (Å²) < 4.78 is 20.1. The third kappa shape index (κ3) is 6.53. The van der Waals surface area contributed by atoms with E-state index in [0.29, 0.717) is 78.6 Å². The minimum Gasteiger partial charge on any atom is -1.00 e. The molecule has 2 aliphatic rings. The molecule has 2 aromatic heterocycles. The van der Waals surface area contributed by atoms with Crippen LogP contribution in [-0.2, 0) is 7.05 Å². The maximum Gasteiger partial charge on any atom is 1.00 e. The number of likely N-dealkylation sites (tertiary alicyclic amines) is 1. The molecule has 46 heavy (non-hydrogen) atoms. The van der Waals surface area contributed by atoms with E-state index in [-0.39, 0.29) is 54.7 Å². The van der Waals surface area contributed by atoms with Crippen LogP contribution in [0.25, 0.3) is 22.3 Å². The second-order valence-electron chi connectivity index (χ2n) is 11.3. The molecule has 234 valence electrons. The first-order valence-electron chi connectivity index (χ1n) is 15.0. The Bertz CT molecular complexity index is 1780. The molecular weight excluding hydrogens is 599 g/mol. The molecule has 1 spiro atoms. The van der Waals surface area contributed by atoms with Crippen molar-refractivity contribution in [3.05, 3.63) is 77.9 Å². The molecule has 1 N–H and O–H groups in total. The zero-order chi connectivity index (χ0) is 31.7. The Morgan fingerprint density at radius 2 is 1.65 bits per heavy atom. The number of amides is 1. The number of aromatic carboxylic acids is 1. The van der Waals surface area contributed by atoms with E-state index in [1.807, 2.05) is 27.1 Å². The summed E-state index contributed by atoms with van der Waals surface area (Å²) in [6, 6.07) is 10.3. The Morgan fingerprint density at radius 3 is 2.26 bits per heavy atom. The van der Waals surface area contributed by atoms with Crippen LogP contribution in [0, 0.1) is 0 Å². The van der Waals surface area contributed by atoms with Gasteiger partial charge >= 0.3 is 35.5 Å². The number of aryl methyl sites for hydroxylation is 1. The van der Waals surface area contributed by atoms with Crippen molar-refractivity contribution in [2.75, 3.05) is 26.3 Å². The fraction of sp³-hybridized carbons (Fsp3) is 0.324. The number of hydrogen-bond donors (Lipinski definition) is 1. The van der Waals surface area contributed by atoms with Gasteiger partial charge in [0.2, 0.25) is 0 Å². The predicted octanol–water partition coefficient (Wildman–Crippen LogP) is 2.40. The van der Waals surface area contributed by atoms with Crippen LogP contribution in [0.1, 0.15) is 65.6 Å². The van der Waals surface area contributed by atoms with Gasteiger partial charge in [-0.15, -0.1) is 0 Å². The van der Waals surface area contributed by atoms with E-state index in [9.17, 15) is 19.5 Å². The number of ketones is 1. The molecule has 0 aliphatic carbocycles. The molecule has 4 heterocycles. The van der Waals surface area contributed by atoms with Crippen LogP contribution in [-0.4, -0.2) is 74.3 Å². The van der Waals surface area contributed by atoms with Crippen LogP contribution in [0.15, 0.2) is 61.2 Å². The number of ether oxygens (including phenoxy) is 3. The smallest absolute Gasteiger partial charge is 1.00 e. The number of aromatic nitrogens is 3. The molecule has 6 rings (SSSR count). The van der Waals surface area contributed by atoms with Crippen molar-refractivity contribution >= 4 is 17.7 Å². The Kier molecular flexibility index (Phi) is 9.85. The summed E-state index contributed by atoms with van der Waals surface area (Å²) in [7, 11) is 1.84. The van der Waals surface area contributed by atoms with Crippen molar-refractivity contribution in [3.63, 3.8) is 0 Å². The van der Waals surface area contributed by atoms with Gasteiger partial charge in [-0.25, -0.2) is 4.79 Å². The molecule has 1 amide bonds. The average molecular weight is 635 g/mol. The van der Waals surface area contributed by atoms with Crippen LogP contribution >= 0.6 is 0 Å². The molecule has 12 heteroatoms. The van der Waals surface area contributed by atoms with Crippen LogP contribution in [0.3, 0.4) is 0 Å². The first-order chi connectivity index (χ1) is 21.7. The molecule has 0 saturated carbocycles. The van der Waals surface area contributed by atoms with Crippen molar-refractivity contribution in [3.8, 4) is 39.5 Å². The molecule has 0 radical (unpaired) electrons. The quantitative estimate of drug-likeness (QED) is 0.290. The van der Waals surface area contributed by atoms with E-state index >= 15 is 0 Å². The van der Waals surface area contributed by atoms with E-state index < -0.39 is 11.6 Å². The van der Waals surface area contributed by atoms with E-state index in [1.165, 1.54) is 12.3 Å². The van der Waals surface area contributed by atoms with Gasteiger partial charge in [-0.1, -0.05) is 6.07 Å². The first-order valence-corrected chi connectivity index (χ1v) is 15.0. The number of hydrogen-bond acceptors (Lipinski definition) is 8. The summed E-state index contributed by atoms with van der Waals surface area (Å²) in [6.07, 6.45) is 7.67. The minimum atomic E-state index is -1.07. The average Bonchev–Trinajstić information content (AvgIpc) is 3.46. The summed E-state index contributed by atoms with van der Waals surface area (Å²) in [5.41, 5.74) is 3.16. The van der Waals surface area contributed by atoms with Gasteiger partial charge in [0, 0.05) is 68.3 Å². The maximum absolute atomic E-state index is 13.8. The molecule has 0 bridgehead atoms. The molecule has 0 unspecified atom stereocenters. The largest absolute Gasteiger partial charge is 1.00 e. The summed E-state index contributed by atoms with van der Waals surface area (Å²) in [5, 5.41) is 13.6. The molecule has 11 nitrogen and oxygen atoms in total. The first kappa shape index (κ1) is 33.2. The standard InChI is InChI=1S/C34H34N4O7.Na.H/c1-4-43-29-14-22(15-30(44-5-2)31(29)25-19-36-37(3)20-25)32(40)38-10-8-34(9-11-38)16-27(39)26-13-21(6-7-28(26)45-34)23-12-24(33(41)42)18-35-17-23;;/h6-7,12-15,17-20H,4-5,8-11,16H2,1-3H3,(H,41,42);;/q;+1;-1. The van der Waals surface area contributed by atoms with Crippen molar-refractivity contribution < 1.29 is 64.7 Å². The monoisotopic (exact) mass is 634 g/mol. The minimum absolute atomic E-state index is 0. The second-order valence-corrected chi connectivity index (χ2v) is 11.3. The molecule has 0 atom stereocenters. The Hall–Kier alpha value is -4.19. The predicted molar refractivity (Wildman–Crippen MR) is 166 cm³/mol. The molecular formula is C34H35N4NaO7. The van der Waals surface area contributed by atoms with Gasteiger partial charge in [0.1, 0.15) is 22.8 Å². The summed E-state index contributed by atoms with van der Waals surface area (Å²) in [5.74, 6) is 0.334. The summed E-state index contributed by atoms with van der Waals surface area (Å²) in [4.78, 5) is 44.4. The SMILES string of the molecule is CCOc1cc(C(=O)N2CCC3(CC2)CC(=O)c2cc(-c4cncc(C(=O)O)c4)ccc2O3)cc(OCC)c1-c1cnn(C)c1.[H-].[Na+]. The number of carboxylic acid groups (broad SMARTS) is 1. The van der Waals surface area contributed by atoms with Crippen LogP contribution in [0.2, 0.25) is 0 Å². The van der Waals surface area contributed by atoms with Gasteiger partial charge in [0.15, 0.2) is 5.78 Å². The van der Waals surface area contributed by atoms with Crippen LogP contribution in [0.4, 0.5) is 0 Å². The van der Waals surface area contributed by atoms with E-state index in [0.717, 1.165) is 11.1 Å². The topological polar surface area (TPSA) is 133 Å². The van der Waals surface area contributed by atoms with Crippen molar-refractivity contribution in [1.82, 2.24) is 19.7 Å². The zero-order valence-electron chi connectivity index (χ0n) is 27.4. The third-order valence-electron chi connectivity index (χ3n) is 8.28. The Balaban J connectivity index is 0.00000250. The van der Waals surface area contributed by atoms with Gasteiger partial charge < -0.3 is 25.6 Å². The number of Topliss-reactive ketones (excluding diaryl/α,β-unsaturated/α-hetero) is 1. The number of piperidine rings is 1. The molecule has 1 saturated heterocycles. The number of fused-ring (bicyclic) bond motifs is 1. The number of benzene rings is 2. The van der Waals surface area contributed by atoms with Gasteiger partial charge in [-0.05, 0) is 49.7 Å². The van der Waals surface area contributed by atoms with Crippen LogP contribution in [0.5, 0.6) is 17.2 Å². The molecule has 2 aromatic carbocycles. The number of nitrogens with zero attached hydrogens (tertiary/aromatic N) is 4. The fourth-order valence-electron chi connectivity index (χ4n) is 6.05. The summed E-state index contributed by atoms with van der Waals surface area (Å²) >= 11 is 0. The number of pyridine rings is 1. The number of carbonyl (C=O) groups excluding carboxylic acids is 2. The normalized spacial score (nSPS) is 15.0. The molecule has 4 aromatic rings. The van der Waals surface area contributed by atoms with Gasteiger partial charge in [-0.3, -0.25) is 19.3 Å². The van der Waals surface area contributed by atoms with Gasteiger partial charge in [0.05, 0.1) is 42.5 Å². The summed E-state index contributed by atoms with van der Waals surface area (Å²) in [6.45, 7) is 5.47. The van der Waals surface area contributed by atoms with Crippen molar-refractivity contribution in [1.29, 1.82) is 0 Å². The van der Waals surface area contributed by atoms with Gasteiger partial charge in [0.25, 0.3) is 5.91 Å². The van der Waals surface area contributed by atoms with Gasteiger partial charge in [-0.2, -0.15) is 5.10 Å².